The van der Waals surface area contributed by atoms with Gasteiger partial charge < -0.3 is 16.2 Å². The molecule has 92 valence electrons. The molecular weight excluding hydrogens is 214 g/mol. The normalized spacial score (nSPS) is 25.8. The SMILES string of the molecule is CC(N)C1CN(CC(C)(C)N)CCO1.Cl. The monoisotopic (exact) mass is 237 g/mol. The number of nitrogens with two attached hydrogens (primary N) is 2. The Bertz CT molecular complexity index is 182. The highest BCUT2D eigenvalue weighted by molar-refractivity contribution is 5.85. The van der Waals surface area contributed by atoms with Crippen LogP contribution in [0.5, 0.6) is 0 Å². The van der Waals surface area contributed by atoms with Crippen molar-refractivity contribution in [2.45, 2.75) is 38.5 Å². The lowest BCUT2D eigenvalue weighted by Gasteiger charge is -2.37. The van der Waals surface area contributed by atoms with Gasteiger partial charge in [-0.05, 0) is 20.8 Å². The zero-order chi connectivity index (χ0) is 10.8. The first kappa shape index (κ1) is 15.1. The molecule has 2 unspecified atom stereocenters. The minimum Gasteiger partial charge on any atom is -0.374 e. The Balaban J connectivity index is 0.00000196. The third-order valence-electron chi connectivity index (χ3n) is 2.40. The minimum absolute atomic E-state index is 0. The quantitative estimate of drug-likeness (QED) is 0.736. The number of nitrogens with zero attached hydrogens (tertiary/aromatic N) is 1. The molecule has 0 amide bonds. The highest BCUT2D eigenvalue weighted by Crippen LogP contribution is 2.10. The Morgan fingerprint density at radius 3 is 2.60 bits per heavy atom. The van der Waals surface area contributed by atoms with E-state index < -0.39 is 0 Å². The lowest BCUT2D eigenvalue weighted by Crippen LogP contribution is -2.54. The van der Waals surface area contributed by atoms with Crippen LogP contribution in [0.2, 0.25) is 0 Å². The van der Waals surface area contributed by atoms with Crippen molar-refractivity contribution in [1.29, 1.82) is 0 Å². The fourth-order valence-electron chi connectivity index (χ4n) is 1.77. The molecule has 1 rings (SSSR count). The summed E-state index contributed by atoms with van der Waals surface area (Å²) in [4.78, 5) is 2.33. The number of halogens is 1. The minimum atomic E-state index is -0.139. The maximum Gasteiger partial charge on any atom is 0.0850 e. The molecule has 1 heterocycles. The van der Waals surface area contributed by atoms with Gasteiger partial charge in [-0.1, -0.05) is 0 Å². The van der Waals surface area contributed by atoms with Crippen LogP contribution in [0.3, 0.4) is 0 Å². The smallest absolute Gasteiger partial charge is 0.0850 e. The third kappa shape index (κ3) is 5.68. The van der Waals surface area contributed by atoms with Gasteiger partial charge in [0.15, 0.2) is 0 Å². The highest BCUT2D eigenvalue weighted by Gasteiger charge is 2.26. The average Bonchev–Trinajstić information content (AvgIpc) is 2.01. The van der Waals surface area contributed by atoms with E-state index in [9.17, 15) is 0 Å². The van der Waals surface area contributed by atoms with Gasteiger partial charge in [0.25, 0.3) is 0 Å². The fourth-order valence-corrected chi connectivity index (χ4v) is 1.77. The van der Waals surface area contributed by atoms with Crippen LogP contribution in [0, 0.1) is 0 Å². The molecular formula is C10H24ClN3O. The van der Waals surface area contributed by atoms with Crippen molar-refractivity contribution in [1.82, 2.24) is 4.90 Å². The molecule has 1 saturated heterocycles. The van der Waals surface area contributed by atoms with Crippen molar-refractivity contribution in [3.05, 3.63) is 0 Å². The van der Waals surface area contributed by atoms with E-state index >= 15 is 0 Å². The molecule has 0 radical (unpaired) electrons. The Kier molecular flexibility index (Phi) is 6.06. The van der Waals surface area contributed by atoms with Crippen molar-refractivity contribution < 1.29 is 4.74 Å². The lowest BCUT2D eigenvalue weighted by molar-refractivity contribution is -0.0419. The Hall–Kier alpha value is 0.130. The Morgan fingerprint density at radius 2 is 2.13 bits per heavy atom. The van der Waals surface area contributed by atoms with Gasteiger partial charge in [0.05, 0.1) is 12.7 Å². The van der Waals surface area contributed by atoms with Gasteiger partial charge in [0, 0.05) is 31.2 Å². The van der Waals surface area contributed by atoms with Crippen molar-refractivity contribution in [2.75, 3.05) is 26.2 Å². The van der Waals surface area contributed by atoms with Gasteiger partial charge in [0.1, 0.15) is 0 Å². The highest BCUT2D eigenvalue weighted by atomic mass is 35.5. The van der Waals surface area contributed by atoms with Crippen LogP contribution in [-0.4, -0.2) is 48.8 Å². The summed E-state index contributed by atoms with van der Waals surface area (Å²) in [5, 5.41) is 0. The second-order valence-corrected chi connectivity index (χ2v) is 4.99. The molecule has 0 aromatic carbocycles. The van der Waals surface area contributed by atoms with Gasteiger partial charge >= 0.3 is 0 Å². The Morgan fingerprint density at radius 1 is 1.53 bits per heavy atom. The van der Waals surface area contributed by atoms with Crippen LogP contribution in [0.15, 0.2) is 0 Å². The molecule has 15 heavy (non-hydrogen) atoms. The zero-order valence-electron chi connectivity index (χ0n) is 9.90. The molecule has 0 spiro atoms. The van der Waals surface area contributed by atoms with Crippen LogP contribution in [-0.2, 0) is 4.74 Å². The summed E-state index contributed by atoms with van der Waals surface area (Å²) in [6.07, 6.45) is 0.158. The molecule has 1 aliphatic rings. The van der Waals surface area contributed by atoms with Crippen molar-refractivity contribution in [2.24, 2.45) is 11.5 Å². The number of rotatable bonds is 3. The second kappa shape index (κ2) is 6.01. The summed E-state index contributed by atoms with van der Waals surface area (Å²) in [7, 11) is 0. The molecule has 5 heteroatoms. The summed E-state index contributed by atoms with van der Waals surface area (Å²) < 4.78 is 5.58. The van der Waals surface area contributed by atoms with Crippen molar-refractivity contribution in [3.8, 4) is 0 Å². The van der Waals surface area contributed by atoms with E-state index in [4.69, 9.17) is 16.2 Å². The number of morpholine rings is 1. The number of ether oxygens (including phenoxy) is 1. The number of hydrogen-bond acceptors (Lipinski definition) is 4. The molecule has 0 bridgehead atoms. The van der Waals surface area contributed by atoms with Crippen LogP contribution in [0.25, 0.3) is 0 Å². The van der Waals surface area contributed by atoms with E-state index in [1.165, 1.54) is 0 Å². The van der Waals surface area contributed by atoms with E-state index in [1.807, 2.05) is 20.8 Å². The number of hydrogen-bond donors (Lipinski definition) is 2. The molecule has 4 nitrogen and oxygen atoms in total. The van der Waals surface area contributed by atoms with E-state index in [0.29, 0.717) is 0 Å². The predicted molar refractivity (Wildman–Crippen MR) is 65.3 cm³/mol. The summed E-state index contributed by atoms with van der Waals surface area (Å²) >= 11 is 0. The standard InChI is InChI=1S/C10H23N3O.ClH/c1-8(11)9-6-13(4-5-14-9)7-10(2,3)12;/h8-9H,4-7,11-12H2,1-3H3;1H. The van der Waals surface area contributed by atoms with Crippen molar-refractivity contribution in [3.63, 3.8) is 0 Å². The van der Waals surface area contributed by atoms with E-state index in [-0.39, 0.29) is 30.1 Å². The molecule has 0 aliphatic carbocycles. The zero-order valence-corrected chi connectivity index (χ0v) is 10.7. The first-order chi connectivity index (χ1) is 6.38. The molecule has 0 aromatic heterocycles. The summed E-state index contributed by atoms with van der Waals surface area (Å²) in [6.45, 7) is 9.61. The summed E-state index contributed by atoms with van der Waals surface area (Å²) in [5.74, 6) is 0. The van der Waals surface area contributed by atoms with E-state index in [2.05, 4.69) is 4.90 Å². The van der Waals surface area contributed by atoms with E-state index in [1.54, 1.807) is 0 Å². The predicted octanol–water partition coefficient (Wildman–Crippen LogP) is 0.194. The average molecular weight is 238 g/mol. The molecule has 4 N–H and O–H groups in total. The third-order valence-corrected chi connectivity index (χ3v) is 2.40. The molecule has 1 fully saturated rings. The van der Waals surface area contributed by atoms with Crippen LogP contribution in [0.4, 0.5) is 0 Å². The molecule has 0 saturated carbocycles. The second-order valence-electron chi connectivity index (χ2n) is 4.99. The molecule has 1 aliphatic heterocycles. The summed E-state index contributed by atoms with van der Waals surface area (Å²) in [5.41, 5.74) is 11.6. The van der Waals surface area contributed by atoms with Gasteiger partial charge in [-0.15, -0.1) is 12.4 Å². The van der Waals surface area contributed by atoms with Gasteiger partial charge in [-0.3, -0.25) is 4.90 Å². The largest absolute Gasteiger partial charge is 0.374 e. The summed E-state index contributed by atoms with van der Waals surface area (Å²) in [6, 6.07) is 0.0960. The molecule has 0 aromatic rings. The van der Waals surface area contributed by atoms with Gasteiger partial charge in [-0.25, -0.2) is 0 Å². The van der Waals surface area contributed by atoms with Crippen LogP contribution in [0.1, 0.15) is 20.8 Å². The topological polar surface area (TPSA) is 64.5 Å². The van der Waals surface area contributed by atoms with E-state index in [0.717, 1.165) is 26.2 Å². The maximum atomic E-state index is 5.97. The first-order valence-electron chi connectivity index (χ1n) is 5.27. The van der Waals surface area contributed by atoms with Gasteiger partial charge in [0.2, 0.25) is 0 Å². The lowest BCUT2D eigenvalue weighted by atomic mass is 10.1. The first-order valence-corrected chi connectivity index (χ1v) is 5.27. The van der Waals surface area contributed by atoms with Gasteiger partial charge in [-0.2, -0.15) is 0 Å². The van der Waals surface area contributed by atoms with Crippen LogP contribution >= 0.6 is 12.4 Å². The van der Waals surface area contributed by atoms with Crippen LogP contribution < -0.4 is 11.5 Å². The maximum absolute atomic E-state index is 5.97. The molecule has 2 atom stereocenters. The fraction of sp³-hybridized carbons (Fsp3) is 1.00. The van der Waals surface area contributed by atoms with Crippen molar-refractivity contribution >= 4 is 12.4 Å². The Labute approximate surface area is 98.7 Å².